The van der Waals surface area contributed by atoms with Crippen LogP contribution in [-0.2, 0) is 45.6 Å². The zero-order valence-electron chi connectivity index (χ0n) is 21.4. The van der Waals surface area contributed by atoms with Gasteiger partial charge in [0.1, 0.15) is 21.8 Å². The van der Waals surface area contributed by atoms with E-state index in [9.17, 15) is 21.0 Å². The average molecular weight is 733 g/mol. The summed E-state index contributed by atoms with van der Waals surface area (Å²) in [5.41, 5.74) is 9.08. The van der Waals surface area contributed by atoms with Crippen molar-refractivity contribution >= 4 is 115 Å². The molecule has 5 rings (SSSR count). The molecule has 2 aromatic heterocycles. The van der Waals surface area contributed by atoms with Crippen LogP contribution in [0.2, 0.25) is 0 Å². The van der Waals surface area contributed by atoms with Gasteiger partial charge in [-0.2, -0.15) is 16.7 Å². The molecule has 228 valence electrons. The number of nitrogens with two attached hydrogens (primary N) is 1. The molecule has 1 atom stereocenters. The number of aromatic nitrogens is 2. The number of aryl methyl sites for hydroxylation is 1. The zero-order valence-corrected chi connectivity index (χ0v) is 27.8. The summed E-state index contributed by atoms with van der Waals surface area (Å²) in [6.07, 6.45) is 0.859. The van der Waals surface area contributed by atoms with Crippen molar-refractivity contribution in [2.75, 3.05) is 12.0 Å². The van der Waals surface area contributed by atoms with Crippen molar-refractivity contribution in [2.24, 2.45) is 3.77 Å². The van der Waals surface area contributed by atoms with E-state index in [1.54, 1.807) is 17.5 Å². The van der Waals surface area contributed by atoms with Crippen LogP contribution in [0, 0.1) is 6.92 Å². The molecule has 12 nitrogen and oxygen atoms in total. The smallest absolute Gasteiger partial charge is 0.263 e. The summed E-state index contributed by atoms with van der Waals surface area (Å²) >= 11 is 4.08. The van der Waals surface area contributed by atoms with Gasteiger partial charge in [-0.1, -0.05) is 52.3 Å². The Morgan fingerprint density at radius 3 is 1.98 bits per heavy atom. The lowest BCUT2D eigenvalue weighted by Gasteiger charge is -1.95. The zero-order chi connectivity index (χ0) is 31.8. The van der Waals surface area contributed by atoms with Crippen molar-refractivity contribution in [1.29, 1.82) is 0 Å². The Morgan fingerprint density at radius 1 is 0.952 bits per heavy atom. The van der Waals surface area contributed by atoms with Crippen molar-refractivity contribution < 1.29 is 33.5 Å². The molecule has 0 saturated carbocycles. The molecule has 0 radical (unpaired) electrons. The summed E-state index contributed by atoms with van der Waals surface area (Å²) in [6.45, 7) is 2.00. The number of halogens is 2. The number of hydrogen-bond donors (Lipinski definition) is 1. The summed E-state index contributed by atoms with van der Waals surface area (Å²) in [6, 6.07) is 20.8. The fourth-order valence-corrected chi connectivity index (χ4v) is 5.34. The lowest BCUT2D eigenvalue weighted by atomic mass is 10.2. The number of hydrogen-bond acceptors (Lipinski definition) is 13. The minimum Gasteiger partial charge on any atom is -0.749 e. The first-order valence-electron chi connectivity index (χ1n) is 10.7. The number of nitrogen functional groups attached to an aromatic ring is 1. The lowest BCUT2D eigenvalue weighted by molar-refractivity contribution is 0.457. The SMILES string of the molecule is CS(=O)(=O)N=S=O.Cc1ccccc1N.O=S(=O)(Cl)c1cccc2csnc12.O=S([O-])OCl.c1ccc2nscc2c1. The van der Waals surface area contributed by atoms with Crippen LogP contribution in [0.15, 0.2) is 86.2 Å². The molecule has 20 heteroatoms. The minimum atomic E-state index is -3.68. The monoisotopic (exact) mass is 731 g/mol. The molecule has 0 amide bonds. The van der Waals surface area contributed by atoms with Crippen molar-refractivity contribution in [3.63, 3.8) is 0 Å². The molecule has 0 aliphatic carbocycles. The Morgan fingerprint density at radius 2 is 1.50 bits per heavy atom. The third-order valence-corrected chi connectivity index (χ3v) is 8.69. The number of nitrogens with zero attached hydrogens (tertiary/aromatic N) is 3. The quantitative estimate of drug-likeness (QED) is 0.142. The second-order valence-corrected chi connectivity index (χ2v) is 14.2. The van der Waals surface area contributed by atoms with Crippen molar-refractivity contribution in [1.82, 2.24) is 8.75 Å². The van der Waals surface area contributed by atoms with Crippen molar-refractivity contribution in [3.8, 4) is 0 Å². The van der Waals surface area contributed by atoms with Gasteiger partial charge in [-0.15, -0.1) is 0 Å². The average Bonchev–Trinajstić information content (AvgIpc) is 3.60. The third-order valence-electron chi connectivity index (χ3n) is 4.29. The number of para-hydroxylation sites is 1. The van der Waals surface area contributed by atoms with Gasteiger partial charge in [0.25, 0.3) is 19.1 Å². The Balaban J connectivity index is 0.000000273. The van der Waals surface area contributed by atoms with Gasteiger partial charge in [0.2, 0.25) is 11.5 Å². The predicted octanol–water partition coefficient (Wildman–Crippen LogP) is 5.39. The van der Waals surface area contributed by atoms with E-state index in [1.807, 2.05) is 49.4 Å². The van der Waals surface area contributed by atoms with Crippen LogP contribution in [0.25, 0.3) is 21.8 Å². The van der Waals surface area contributed by atoms with Gasteiger partial charge in [-0.05, 0) is 53.8 Å². The van der Waals surface area contributed by atoms with Crippen LogP contribution < -0.4 is 5.73 Å². The maximum absolute atomic E-state index is 11.1. The summed E-state index contributed by atoms with van der Waals surface area (Å²) in [7, 11) is -1.85. The van der Waals surface area contributed by atoms with Crippen LogP contribution in [0.5, 0.6) is 0 Å². The minimum absolute atomic E-state index is 0.0768. The molecule has 0 bridgehead atoms. The van der Waals surface area contributed by atoms with E-state index in [1.165, 1.54) is 34.5 Å². The molecule has 0 spiro atoms. The van der Waals surface area contributed by atoms with E-state index in [0.717, 1.165) is 28.4 Å². The lowest BCUT2D eigenvalue weighted by Crippen LogP contribution is -1.91. The number of rotatable bonds is 3. The van der Waals surface area contributed by atoms with Gasteiger partial charge >= 0.3 is 0 Å². The van der Waals surface area contributed by atoms with Crippen LogP contribution >= 0.6 is 45.6 Å². The molecule has 2 N–H and O–H groups in total. The van der Waals surface area contributed by atoms with E-state index in [4.69, 9.17) is 25.2 Å². The molecule has 0 aliphatic heterocycles. The van der Waals surface area contributed by atoms with Gasteiger partial charge in [0.05, 0.1) is 23.6 Å². The van der Waals surface area contributed by atoms with E-state index in [0.29, 0.717) is 5.52 Å². The first-order chi connectivity index (χ1) is 19.7. The van der Waals surface area contributed by atoms with Gasteiger partial charge < -0.3 is 10.3 Å². The van der Waals surface area contributed by atoms with E-state index in [2.05, 4.69) is 39.6 Å². The second-order valence-electron chi connectivity index (χ2n) is 7.33. The highest BCUT2D eigenvalue weighted by Gasteiger charge is 2.15. The standard InChI is InChI=1S/C7H4ClNO2S2.C7H5NS.C7H9N.CH3NO3S2.ClHO3S/c8-13(10,11)6-3-1-2-5-4-12-9-7(5)6;1-2-4-7-6(3-1)5-9-8-7;1-6-4-2-3-5-7(6)8;1-7(4,5)2-6-3;1-4-5(2)3/h1-4H;1-5H;2-5H,8H2,1H3;1H3;(H,2,3)/p-1. The first kappa shape index (κ1) is 37.6. The van der Waals surface area contributed by atoms with Gasteiger partial charge in [-0.3, -0.25) is 0 Å². The summed E-state index contributed by atoms with van der Waals surface area (Å²) in [5.74, 6) is 0. The molecular weight excluding hydrogens is 712 g/mol. The normalized spacial score (nSPS) is 11.2. The molecule has 0 aliphatic rings. The summed E-state index contributed by atoms with van der Waals surface area (Å²) < 4.78 is 83.0. The Labute approximate surface area is 266 Å². The molecular formula is C22H21Cl2N4O8S6-. The number of anilines is 1. The van der Waals surface area contributed by atoms with Crippen LogP contribution in [0.4, 0.5) is 5.69 Å². The fraction of sp³-hybridized carbons (Fsp3) is 0.0909. The van der Waals surface area contributed by atoms with E-state index >= 15 is 0 Å². The molecule has 5 aromatic rings. The summed E-state index contributed by atoms with van der Waals surface area (Å²) in [5, 5.41) is 5.87. The summed E-state index contributed by atoms with van der Waals surface area (Å²) in [4.78, 5) is 0.0768. The van der Waals surface area contributed by atoms with Gasteiger partial charge in [0, 0.05) is 37.9 Å². The van der Waals surface area contributed by atoms with Crippen LogP contribution in [-0.4, -0.2) is 44.8 Å². The maximum Gasteiger partial charge on any atom is 0.263 e. The van der Waals surface area contributed by atoms with Crippen LogP contribution in [0.1, 0.15) is 5.56 Å². The number of sulfonamides is 1. The second kappa shape index (κ2) is 19.0. The molecule has 2 heterocycles. The number of benzene rings is 3. The molecule has 3 aromatic carbocycles. The molecule has 0 saturated heterocycles. The predicted molar refractivity (Wildman–Crippen MR) is 169 cm³/mol. The largest absolute Gasteiger partial charge is 0.749 e. The highest BCUT2D eigenvalue weighted by Crippen LogP contribution is 2.25. The van der Waals surface area contributed by atoms with Gasteiger partial charge in [0.15, 0.2) is 0 Å². The van der Waals surface area contributed by atoms with Crippen LogP contribution in [0.3, 0.4) is 0 Å². The van der Waals surface area contributed by atoms with E-state index < -0.39 is 30.4 Å². The molecule has 42 heavy (non-hydrogen) atoms. The first-order valence-corrected chi connectivity index (χ1v) is 18.5. The topological polar surface area (TPSA) is 199 Å². The van der Waals surface area contributed by atoms with Gasteiger partial charge in [-0.25, -0.2) is 21.0 Å². The molecule has 1 unspecified atom stereocenters. The van der Waals surface area contributed by atoms with Crippen molar-refractivity contribution in [2.45, 2.75) is 11.8 Å². The highest BCUT2D eigenvalue weighted by atomic mass is 35.7. The third kappa shape index (κ3) is 15.2. The fourth-order valence-electron chi connectivity index (χ4n) is 2.52. The Kier molecular flexibility index (Phi) is 17.0. The van der Waals surface area contributed by atoms with E-state index in [-0.39, 0.29) is 16.4 Å². The number of fused-ring (bicyclic) bond motifs is 2. The highest BCUT2D eigenvalue weighted by molar-refractivity contribution is 8.14. The van der Waals surface area contributed by atoms with Crippen molar-refractivity contribution in [3.05, 3.63) is 83.1 Å². The Bertz CT molecular complexity index is 1810. The Hall–Kier alpha value is -2.39. The molecule has 0 fully saturated rings. The maximum atomic E-state index is 11.1.